The smallest absolute Gasteiger partial charge is 0.291 e. The number of hydrazine groups is 1. The largest absolute Gasteiger partial charge is 0.482 e. The molecule has 174 valence electrons. The van der Waals surface area contributed by atoms with Gasteiger partial charge in [-0.1, -0.05) is 41.8 Å². The Morgan fingerprint density at radius 2 is 1.85 bits per heavy atom. The molecule has 5 rings (SSSR count). The molecule has 0 atom stereocenters. The molecule has 0 unspecified atom stereocenters. The van der Waals surface area contributed by atoms with Gasteiger partial charge in [0.15, 0.2) is 0 Å². The summed E-state index contributed by atoms with van der Waals surface area (Å²) in [7, 11) is 0. The highest BCUT2D eigenvalue weighted by Gasteiger charge is 2.41. The number of aromatic nitrogens is 2. The van der Waals surface area contributed by atoms with Crippen LogP contribution in [0.15, 0.2) is 42.5 Å². The Morgan fingerprint density at radius 1 is 1.12 bits per heavy atom. The van der Waals surface area contributed by atoms with Crippen molar-refractivity contribution in [2.24, 2.45) is 0 Å². The average molecular weight is 508 g/mol. The van der Waals surface area contributed by atoms with Gasteiger partial charge in [0, 0.05) is 23.7 Å². The summed E-state index contributed by atoms with van der Waals surface area (Å²) >= 11 is 12.7. The molecule has 1 saturated heterocycles. The van der Waals surface area contributed by atoms with Crippen LogP contribution in [0.4, 0.5) is 5.69 Å². The highest BCUT2D eigenvalue weighted by atomic mass is 35.5. The Morgan fingerprint density at radius 3 is 2.58 bits per heavy atom. The van der Waals surface area contributed by atoms with Crippen LogP contribution in [0.1, 0.15) is 49.2 Å². The Labute approximate surface area is 209 Å². The van der Waals surface area contributed by atoms with Crippen LogP contribution in [-0.4, -0.2) is 34.2 Å². The number of halogens is 3. The van der Waals surface area contributed by atoms with E-state index in [0.29, 0.717) is 21.4 Å². The van der Waals surface area contributed by atoms with E-state index in [-0.39, 0.29) is 18.3 Å². The topological polar surface area (TPSA) is 61.5 Å². The predicted octanol–water partition coefficient (Wildman–Crippen LogP) is 6.48. The van der Waals surface area contributed by atoms with Crippen molar-refractivity contribution in [1.82, 2.24) is 15.2 Å². The second kappa shape index (κ2) is 9.18. The molecule has 2 aliphatic heterocycles. The lowest BCUT2D eigenvalue weighted by Gasteiger charge is -2.38. The minimum atomic E-state index is -0.737. The number of carbonyl (C=O) groups is 1. The van der Waals surface area contributed by atoms with Crippen LogP contribution in [0.25, 0.3) is 11.3 Å². The maximum atomic E-state index is 14.1. The summed E-state index contributed by atoms with van der Waals surface area (Å²) in [4.78, 5) is 14.1. The number of amides is 1. The van der Waals surface area contributed by atoms with Crippen molar-refractivity contribution in [3.8, 4) is 17.0 Å². The fourth-order valence-electron chi connectivity index (χ4n) is 4.58. The number of hydrogen-bond donors (Lipinski definition) is 1. The maximum Gasteiger partial charge on any atom is 0.291 e. The van der Waals surface area contributed by atoms with Gasteiger partial charge in [-0.15, -0.1) is 12.4 Å². The van der Waals surface area contributed by atoms with Gasteiger partial charge < -0.3 is 4.74 Å². The van der Waals surface area contributed by atoms with E-state index in [9.17, 15) is 4.79 Å². The molecule has 1 fully saturated rings. The molecule has 2 aliphatic rings. The van der Waals surface area contributed by atoms with Crippen LogP contribution in [0, 0.1) is 0 Å². The Hall–Kier alpha value is -2.25. The van der Waals surface area contributed by atoms with Crippen LogP contribution in [0.5, 0.6) is 5.75 Å². The predicted molar refractivity (Wildman–Crippen MR) is 134 cm³/mol. The van der Waals surface area contributed by atoms with Gasteiger partial charge in [-0.3, -0.25) is 9.89 Å². The highest BCUT2D eigenvalue weighted by molar-refractivity contribution is 6.37. The third-order valence-corrected chi connectivity index (χ3v) is 6.57. The molecule has 0 saturated carbocycles. The number of H-pyrrole nitrogens is 1. The molecule has 9 heteroatoms. The summed E-state index contributed by atoms with van der Waals surface area (Å²) < 4.78 is 6.28. The number of para-hydroxylation sites is 1. The van der Waals surface area contributed by atoms with E-state index in [0.717, 1.165) is 54.9 Å². The molecule has 0 aliphatic carbocycles. The van der Waals surface area contributed by atoms with Crippen LogP contribution in [0.2, 0.25) is 10.0 Å². The van der Waals surface area contributed by atoms with Gasteiger partial charge in [0.05, 0.1) is 16.3 Å². The molecule has 6 nitrogen and oxygen atoms in total. The number of carbonyl (C=O) groups excluding carboxylic acids is 1. The molecule has 33 heavy (non-hydrogen) atoms. The number of aromatic amines is 1. The first-order chi connectivity index (χ1) is 15.4. The first kappa shape index (κ1) is 23.9. The minimum absolute atomic E-state index is 0. The van der Waals surface area contributed by atoms with E-state index >= 15 is 0 Å². The van der Waals surface area contributed by atoms with Crippen molar-refractivity contribution in [3.05, 3.63) is 63.8 Å². The van der Waals surface area contributed by atoms with E-state index in [4.69, 9.17) is 27.9 Å². The van der Waals surface area contributed by atoms with Crippen molar-refractivity contribution in [2.45, 2.75) is 38.7 Å². The van der Waals surface area contributed by atoms with Crippen molar-refractivity contribution < 1.29 is 9.53 Å². The Balaban J connectivity index is 0.00000259. The number of anilines is 1. The summed E-state index contributed by atoms with van der Waals surface area (Å²) in [6.07, 6.45) is 3.17. The van der Waals surface area contributed by atoms with Gasteiger partial charge >= 0.3 is 0 Å². The van der Waals surface area contributed by atoms with Crippen LogP contribution >= 0.6 is 35.6 Å². The van der Waals surface area contributed by atoms with Crippen molar-refractivity contribution >= 4 is 47.2 Å². The van der Waals surface area contributed by atoms with Gasteiger partial charge in [0.2, 0.25) is 0 Å². The fraction of sp³-hybridized carbons (Fsp3) is 0.333. The minimum Gasteiger partial charge on any atom is -0.482 e. The average Bonchev–Trinajstić information content (AvgIpc) is 3.23. The summed E-state index contributed by atoms with van der Waals surface area (Å²) in [6.45, 7) is 5.44. The summed E-state index contributed by atoms with van der Waals surface area (Å²) in [5, 5.41) is 12.2. The van der Waals surface area contributed by atoms with Crippen LogP contribution in [0.3, 0.4) is 0 Å². The molecule has 2 aromatic carbocycles. The zero-order valence-electron chi connectivity index (χ0n) is 18.4. The number of ether oxygens (including phenoxy) is 1. The number of fused-ring (bicyclic) bond motifs is 3. The SMILES string of the molecule is CC1(C)Oc2ccccc2-c2n[nH]c(C(=O)N(c3ccc(Cl)cc3Cl)N3CCCCC3)c21.Cl. The number of nitrogens with zero attached hydrogens (tertiary/aromatic N) is 3. The third kappa shape index (κ3) is 4.21. The normalized spacial score (nSPS) is 16.7. The fourth-order valence-corrected chi connectivity index (χ4v) is 5.07. The number of hydrogen-bond acceptors (Lipinski definition) is 4. The van der Waals surface area contributed by atoms with Gasteiger partial charge in [-0.2, -0.15) is 5.10 Å². The van der Waals surface area contributed by atoms with E-state index < -0.39 is 5.60 Å². The highest BCUT2D eigenvalue weighted by Crippen LogP contribution is 2.46. The van der Waals surface area contributed by atoms with Gasteiger partial charge in [0.25, 0.3) is 5.91 Å². The van der Waals surface area contributed by atoms with E-state index in [1.807, 2.05) is 38.1 Å². The molecular formula is C24H25Cl3N4O2. The zero-order chi connectivity index (χ0) is 22.5. The Bertz CT molecular complexity index is 1190. The lowest BCUT2D eigenvalue weighted by molar-refractivity contribution is 0.0833. The van der Waals surface area contributed by atoms with Crippen LogP contribution < -0.4 is 9.75 Å². The van der Waals surface area contributed by atoms with Gasteiger partial charge in [-0.25, -0.2) is 10.0 Å². The first-order valence-corrected chi connectivity index (χ1v) is 11.5. The third-order valence-electron chi connectivity index (χ3n) is 6.04. The summed E-state index contributed by atoms with van der Waals surface area (Å²) in [5.74, 6) is 0.532. The van der Waals surface area contributed by atoms with E-state index in [1.54, 1.807) is 23.2 Å². The number of rotatable bonds is 3. The lowest BCUT2D eigenvalue weighted by Crippen LogP contribution is -2.50. The molecule has 3 aromatic rings. The molecule has 0 radical (unpaired) electrons. The second-order valence-corrected chi connectivity index (χ2v) is 9.50. The number of benzene rings is 2. The molecule has 1 N–H and O–H groups in total. The summed E-state index contributed by atoms with van der Waals surface area (Å²) in [5.41, 5.74) is 2.61. The quantitative estimate of drug-likeness (QED) is 0.441. The molecule has 1 aromatic heterocycles. The number of piperidine rings is 1. The van der Waals surface area contributed by atoms with E-state index in [1.165, 1.54) is 0 Å². The van der Waals surface area contributed by atoms with Crippen molar-refractivity contribution in [2.75, 3.05) is 18.1 Å². The molecule has 0 spiro atoms. The maximum absolute atomic E-state index is 14.1. The van der Waals surface area contributed by atoms with Crippen LogP contribution in [-0.2, 0) is 5.60 Å². The molecule has 3 heterocycles. The second-order valence-electron chi connectivity index (χ2n) is 8.66. The van der Waals surface area contributed by atoms with E-state index in [2.05, 4.69) is 15.2 Å². The lowest BCUT2D eigenvalue weighted by atomic mass is 9.89. The van der Waals surface area contributed by atoms with Crippen molar-refractivity contribution in [3.63, 3.8) is 0 Å². The van der Waals surface area contributed by atoms with Crippen molar-refractivity contribution in [1.29, 1.82) is 0 Å². The monoisotopic (exact) mass is 506 g/mol. The van der Waals surface area contributed by atoms with Gasteiger partial charge in [0.1, 0.15) is 22.7 Å². The molecule has 0 bridgehead atoms. The first-order valence-electron chi connectivity index (χ1n) is 10.8. The molecular weight excluding hydrogens is 483 g/mol. The summed E-state index contributed by atoms with van der Waals surface area (Å²) in [6, 6.07) is 12.9. The standard InChI is InChI=1S/C24H24Cl2N4O2.ClH/c1-24(2)20-21(16-8-4-5-9-19(16)32-24)27-28-22(20)23(31)30(29-12-6-3-7-13-29)18-11-10-15(25)14-17(18)26;/h4-5,8-11,14H,3,6-7,12-13H2,1-2H3,(H,27,28);1H. The molecule has 1 amide bonds. The zero-order valence-corrected chi connectivity index (χ0v) is 20.7. The Kier molecular flexibility index (Phi) is 6.65. The number of nitrogens with one attached hydrogen (secondary N) is 1. The van der Waals surface area contributed by atoms with Gasteiger partial charge in [-0.05, 0) is 57.0 Å².